The molecule has 1 amide bonds. The smallest absolute Gasteiger partial charge is 0.303 e. The predicted octanol–water partition coefficient (Wildman–Crippen LogP) is 1.04. The molecule has 0 saturated heterocycles. The Kier molecular flexibility index (Phi) is 5.61. The van der Waals surface area contributed by atoms with Gasteiger partial charge in [-0.25, -0.2) is 9.50 Å². The van der Waals surface area contributed by atoms with Crippen molar-refractivity contribution < 1.29 is 14.7 Å². The van der Waals surface area contributed by atoms with Crippen LogP contribution in [-0.4, -0.2) is 43.1 Å². The summed E-state index contributed by atoms with van der Waals surface area (Å²) in [4.78, 5) is 30.7. The number of aryl methyl sites for hydroxylation is 2. The number of unbranched alkanes of at least 4 members (excludes halogenated alkanes) is 1. The summed E-state index contributed by atoms with van der Waals surface area (Å²) >= 11 is 0. The van der Waals surface area contributed by atoms with Gasteiger partial charge in [0.15, 0.2) is 0 Å². The molecule has 0 aliphatic carbocycles. The Morgan fingerprint density at radius 3 is 2.78 bits per heavy atom. The molecular weight excluding hydrogens is 298 g/mol. The van der Waals surface area contributed by atoms with Crippen molar-refractivity contribution in [2.45, 2.75) is 46.0 Å². The van der Waals surface area contributed by atoms with Crippen molar-refractivity contribution in [3.8, 4) is 0 Å². The Bertz CT molecular complexity index is 710. The van der Waals surface area contributed by atoms with Crippen molar-refractivity contribution >= 4 is 17.7 Å². The van der Waals surface area contributed by atoms with Crippen LogP contribution in [0.3, 0.4) is 0 Å². The van der Waals surface area contributed by atoms with Crippen LogP contribution in [0.5, 0.6) is 0 Å². The Labute approximate surface area is 133 Å². The van der Waals surface area contributed by atoms with E-state index in [4.69, 9.17) is 5.11 Å². The number of carbonyl (C=O) groups excluding carboxylic acids is 1. The number of nitrogens with zero attached hydrogens (tertiary/aromatic N) is 4. The van der Waals surface area contributed by atoms with Crippen LogP contribution in [0.15, 0.2) is 6.33 Å². The van der Waals surface area contributed by atoms with Gasteiger partial charge in [-0.15, -0.1) is 0 Å². The van der Waals surface area contributed by atoms with Gasteiger partial charge < -0.3 is 10.4 Å². The first-order chi connectivity index (χ1) is 11.0. The van der Waals surface area contributed by atoms with Crippen LogP contribution in [-0.2, 0) is 16.0 Å². The third kappa shape index (κ3) is 4.48. The van der Waals surface area contributed by atoms with Crippen molar-refractivity contribution in [2.24, 2.45) is 0 Å². The standard InChI is InChI=1S/C15H21N5O3/c1-10-12(11(2)20-15(19-10)17-9-18-20)6-7-13(21)16-8-4-3-5-14(22)23/h9H,3-8H2,1-2H3,(H,16,21)(H,22,23). The van der Waals surface area contributed by atoms with Crippen LogP contribution in [0, 0.1) is 13.8 Å². The van der Waals surface area contributed by atoms with Gasteiger partial charge in [0.1, 0.15) is 6.33 Å². The number of carboxylic acids is 1. The Hall–Kier alpha value is -2.51. The average Bonchev–Trinajstić information content (AvgIpc) is 2.94. The van der Waals surface area contributed by atoms with Crippen molar-refractivity contribution in [1.29, 1.82) is 0 Å². The Balaban J connectivity index is 1.83. The number of fused-ring (bicyclic) bond motifs is 1. The first-order valence-corrected chi connectivity index (χ1v) is 7.63. The van der Waals surface area contributed by atoms with E-state index >= 15 is 0 Å². The molecule has 0 fully saturated rings. The molecule has 0 unspecified atom stereocenters. The molecule has 2 aromatic rings. The highest BCUT2D eigenvalue weighted by Crippen LogP contribution is 2.14. The molecule has 2 rings (SSSR count). The number of amides is 1. The number of aromatic nitrogens is 4. The van der Waals surface area contributed by atoms with Crippen molar-refractivity contribution in [3.63, 3.8) is 0 Å². The highest BCUT2D eigenvalue weighted by Gasteiger charge is 2.12. The lowest BCUT2D eigenvalue weighted by Crippen LogP contribution is -2.25. The summed E-state index contributed by atoms with van der Waals surface area (Å²) < 4.78 is 1.67. The average molecular weight is 319 g/mol. The minimum Gasteiger partial charge on any atom is -0.481 e. The molecule has 0 atom stereocenters. The molecule has 0 aliphatic rings. The lowest BCUT2D eigenvalue weighted by atomic mass is 10.1. The SMILES string of the molecule is Cc1nc2ncnn2c(C)c1CCC(=O)NCCCCC(=O)O. The molecule has 2 heterocycles. The fourth-order valence-corrected chi connectivity index (χ4v) is 2.47. The monoisotopic (exact) mass is 319 g/mol. The van der Waals surface area contributed by atoms with Gasteiger partial charge in [-0.05, 0) is 38.7 Å². The zero-order valence-electron chi connectivity index (χ0n) is 13.4. The highest BCUT2D eigenvalue weighted by molar-refractivity contribution is 5.76. The van der Waals surface area contributed by atoms with E-state index < -0.39 is 5.97 Å². The van der Waals surface area contributed by atoms with E-state index in [-0.39, 0.29) is 12.3 Å². The number of aliphatic carboxylic acids is 1. The number of carboxylic acid groups (broad SMARTS) is 1. The zero-order valence-corrected chi connectivity index (χ0v) is 13.4. The molecule has 0 radical (unpaired) electrons. The minimum atomic E-state index is -0.807. The quantitative estimate of drug-likeness (QED) is 0.704. The number of nitrogens with one attached hydrogen (secondary N) is 1. The molecule has 8 nitrogen and oxygen atoms in total. The fraction of sp³-hybridized carbons (Fsp3) is 0.533. The number of rotatable bonds is 8. The lowest BCUT2D eigenvalue weighted by Gasteiger charge is -2.10. The van der Waals surface area contributed by atoms with Crippen LogP contribution in [0.2, 0.25) is 0 Å². The Morgan fingerprint density at radius 2 is 2.04 bits per heavy atom. The van der Waals surface area contributed by atoms with Gasteiger partial charge in [-0.3, -0.25) is 9.59 Å². The summed E-state index contributed by atoms with van der Waals surface area (Å²) in [5.74, 6) is -0.289. The molecule has 0 aromatic carbocycles. The van der Waals surface area contributed by atoms with Gasteiger partial charge in [0.05, 0.1) is 0 Å². The van der Waals surface area contributed by atoms with E-state index in [1.54, 1.807) is 4.52 Å². The number of carbonyl (C=O) groups is 2. The molecule has 0 bridgehead atoms. The highest BCUT2D eigenvalue weighted by atomic mass is 16.4. The second-order valence-corrected chi connectivity index (χ2v) is 5.43. The van der Waals surface area contributed by atoms with Crippen LogP contribution in [0.1, 0.15) is 42.6 Å². The van der Waals surface area contributed by atoms with Crippen molar-refractivity contribution in [1.82, 2.24) is 24.9 Å². The van der Waals surface area contributed by atoms with Crippen LogP contribution in [0.4, 0.5) is 0 Å². The first-order valence-electron chi connectivity index (χ1n) is 7.63. The topological polar surface area (TPSA) is 109 Å². The van der Waals surface area contributed by atoms with Gasteiger partial charge in [0.2, 0.25) is 5.91 Å². The third-order valence-electron chi connectivity index (χ3n) is 3.73. The van der Waals surface area contributed by atoms with E-state index in [1.165, 1.54) is 6.33 Å². The number of hydrogen-bond donors (Lipinski definition) is 2. The van der Waals surface area contributed by atoms with Gasteiger partial charge >= 0.3 is 5.97 Å². The van der Waals surface area contributed by atoms with Crippen molar-refractivity contribution in [3.05, 3.63) is 23.3 Å². The summed E-state index contributed by atoms with van der Waals surface area (Å²) in [5, 5.41) is 15.5. The zero-order chi connectivity index (χ0) is 16.8. The van der Waals surface area contributed by atoms with Crippen LogP contribution in [0.25, 0.3) is 5.78 Å². The van der Waals surface area contributed by atoms with Crippen LogP contribution < -0.4 is 5.32 Å². The maximum Gasteiger partial charge on any atom is 0.303 e. The van der Waals surface area contributed by atoms with Gasteiger partial charge in [0, 0.05) is 30.8 Å². The summed E-state index contributed by atoms with van der Waals surface area (Å²) in [6.07, 6.45) is 3.79. The van der Waals surface area contributed by atoms with Gasteiger partial charge in [-0.1, -0.05) is 0 Å². The molecule has 8 heteroatoms. The molecule has 2 aromatic heterocycles. The normalized spacial score (nSPS) is 10.9. The molecule has 2 N–H and O–H groups in total. The molecule has 0 spiro atoms. The third-order valence-corrected chi connectivity index (χ3v) is 3.73. The second kappa shape index (κ2) is 7.66. The lowest BCUT2D eigenvalue weighted by molar-refractivity contribution is -0.137. The molecule has 0 saturated carbocycles. The summed E-state index contributed by atoms with van der Waals surface area (Å²) in [5.41, 5.74) is 2.81. The van der Waals surface area contributed by atoms with E-state index in [0.29, 0.717) is 38.0 Å². The summed E-state index contributed by atoms with van der Waals surface area (Å²) in [6.45, 7) is 4.35. The first kappa shape index (κ1) is 16.9. The van der Waals surface area contributed by atoms with E-state index in [2.05, 4.69) is 20.4 Å². The maximum absolute atomic E-state index is 11.9. The van der Waals surface area contributed by atoms with Crippen molar-refractivity contribution in [2.75, 3.05) is 6.54 Å². The minimum absolute atomic E-state index is 0.0437. The molecule has 124 valence electrons. The van der Waals surface area contributed by atoms with E-state index in [0.717, 1.165) is 17.0 Å². The summed E-state index contributed by atoms with van der Waals surface area (Å²) in [6, 6.07) is 0. The molecular formula is C15H21N5O3. The van der Waals surface area contributed by atoms with Crippen LogP contribution >= 0.6 is 0 Å². The molecule has 0 aliphatic heterocycles. The van der Waals surface area contributed by atoms with E-state index in [9.17, 15) is 9.59 Å². The van der Waals surface area contributed by atoms with E-state index in [1.807, 2.05) is 13.8 Å². The largest absolute Gasteiger partial charge is 0.481 e. The number of hydrogen-bond acceptors (Lipinski definition) is 5. The maximum atomic E-state index is 11.9. The molecule has 23 heavy (non-hydrogen) atoms. The van der Waals surface area contributed by atoms with Gasteiger partial charge in [-0.2, -0.15) is 10.1 Å². The predicted molar refractivity (Wildman–Crippen MR) is 83.1 cm³/mol. The fourth-order valence-electron chi connectivity index (χ4n) is 2.47. The summed E-state index contributed by atoms with van der Waals surface area (Å²) in [7, 11) is 0. The van der Waals surface area contributed by atoms with Gasteiger partial charge in [0.25, 0.3) is 5.78 Å². The second-order valence-electron chi connectivity index (χ2n) is 5.43. The Morgan fingerprint density at radius 1 is 1.26 bits per heavy atom.